The number of aliphatic hydroxyl groups is 1. The monoisotopic (exact) mass is 437 g/mol. The Kier molecular flexibility index (Phi) is 6.16. The summed E-state index contributed by atoms with van der Waals surface area (Å²) in [4.78, 5) is 20.6. The van der Waals surface area contributed by atoms with Gasteiger partial charge in [0, 0.05) is 42.1 Å². The predicted octanol–water partition coefficient (Wildman–Crippen LogP) is 4.38. The van der Waals surface area contributed by atoms with Gasteiger partial charge in [-0.3, -0.25) is 4.98 Å². The molecule has 3 rings (SSSR count). The number of carbonyl (C=O) groups excluding carboxylic acids is 1. The number of benzene rings is 1. The molecule has 0 saturated carbocycles. The maximum Gasteiger partial charge on any atom is 0.320 e. The number of urea groups is 1. The van der Waals surface area contributed by atoms with Gasteiger partial charge in [0.2, 0.25) is 0 Å². The Hall–Kier alpha value is -1.63. The van der Waals surface area contributed by atoms with Crippen LogP contribution in [0.15, 0.2) is 41.1 Å². The molecular weight excluding hydrogens is 418 g/mol. The predicted molar refractivity (Wildman–Crippen MR) is 105 cm³/mol. The average molecular weight is 439 g/mol. The number of carbonyl (C=O) groups is 1. The van der Waals surface area contributed by atoms with Crippen LogP contribution in [0.5, 0.6) is 0 Å². The molecule has 0 saturated heterocycles. The van der Waals surface area contributed by atoms with E-state index in [4.69, 9.17) is 11.6 Å². The summed E-state index contributed by atoms with van der Waals surface area (Å²) in [5, 5.41) is 11.1. The molecule has 138 valence electrons. The molecule has 7 heteroatoms. The fourth-order valence-corrected chi connectivity index (χ4v) is 3.73. The van der Waals surface area contributed by atoms with Gasteiger partial charge in [-0.2, -0.15) is 0 Å². The first kappa shape index (κ1) is 19.1. The third-order valence-corrected chi connectivity index (χ3v) is 5.66. The van der Waals surface area contributed by atoms with Crippen molar-refractivity contribution in [3.8, 4) is 0 Å². The summed E-state index contributed by atoms with van der Waals surface area (Å²) in [6.07, 6.45) is 3.36. The average Bonchev–Trinajstić information content (AvgIpc) is 3.04. The molecule has 26 heavy (non-hydrogen) atoms. The zero-order valence-electron chi connectivity index (χ0n) is 14.5. The van der Waals surface area contributed by atoms with Crippen molar-refractivity contribution < 1.29 is 9.90 Å². The first-order valence-electron chi connectivity index (χ1n) is 8.58. The van der Waals surface area contributed by atoms with Gasteiger partial charge in [0.1, 0.15) is 0 Å². The molecule has 2 heterocycles. The lowest BCUT2D eigenvalue weighted by Gasteiger charge is -2.29. The van der Waals surface area contributed by atoms with Gasteiger partial charge in [-0.25, -0.2) is 4.79 Å². The first-order chi connectivity index (χ1) is 12.5. The first-order valence-corrected chi connectivity index (χ1v) is 9.75. The van der Waals surface area contributed by atoms with Crippen LogP contribution >= 0.6 is 27.5 Å². The molecule has 2 amide bonds. The lowest BCUT2D eigenvalue weighted by molar-refractivity contribution is 0.102. The molecule has 0 spiro atoms. The summed E-state index contributed by atoms with van der Waals surface area (Å²) >= 11 is 9.60. The molecule has 1 aliphatic heterocycles. The number of rotatable bonds is 5. The summed E-state index contributed by atoms with van der Waals surface area (Å²) in [5.74, 6) is 0. The summed E-state index contributed by atoms with van der Waals surface area (Å²) < 4.78 is 0.838. The van der Waals surface area contributed by atoms with Crippen molar-refractivity contribution in [1.82, 2.24) is 14.8 Å². The number of halogens is 2. The Morgan fingerprint density at radius 3 is 2.81 bits per heavy atom. The van der Waals surface area contributed by atoms with Gasteiger partial charge < -0.3 is 14.9 Å². The Bertz CT molecular complexity index is 757. The highest BCUT2D eigenvalue weighted by Gasteiger charge is 2.29. The van der Waals surface area contributed by atoms with Gasteiger partial charge in [-0.1, -0.05) is 24.6 Å². The van der Waals surface area contributed by atoms with E-state index >= 15 is 0 Å². The van der Waals surface area contributed by atoms with Gasteiger partial charge in [0.05, 0.1) is 17.7 Å². The van der Waals surface area contributed by atoms with Crippen molar-refractivity contribution in [2.24, 2.45) is 0 Å². The van der Waals surface area contributed by atoms with Crippen LogP contribution in [0.2, 0.25) is 5.02 Å². The Morgan fingerprint density at radius 2 is 2.15 bits per heavy atom. The van der Waals surface area contributed by atoms with Crippen LogP contribution in [0.1, 0.15) is 36.1 Å². The fourth-order valence-electron chi connectivity index (χ4n) is 3.15. The topological polar surface area (TPSA) is 56.7 Å². The molecule has 0 bridgehead atoms. The molecule has 1 aromatic heterocycles. The van der Waals surface area contributed by atoms with Crippen LogP contribution < -0.4 is 0 Å². The number of hydrogen-bond donors (Lipinski definition) is 1. The summed E-state index contributed by atoms with van der Waals surface area (Å²) in [6, 6.07) is 7.40. The molecule has 1 atom stereocenters. The molecular formula is C19H21BrClN3O2. The van der Waals surface area contributed by atoms with Gasteiger partial charge in [0.15, 0.2) is 0 Å². The zero-order chi connectivity index (χ0) is 18.7. The van der Waals surface area contributed by atoms with E-state index in [1.54, 1.807) is 28.3 Å². The number of aliphatic hydroxyl groups excluding tert-OH is 1. The molecule has 0 radical (unpaired) electrons. The Morgan fingerprint density at radius 1 is 1.42 bits per heavy atom. The molecule has 1 N–H and O–H groups in total. The minimum absolute atomic E-state index is 0.0711. The van der Waals surface area contributed by atoms with E-state index in [1.807, 2.05) is 25.1 Å². The molecule has 0 fully saturated rings. The van der Waals surface area contributed by atoms with Crippen LogP contribution in [0.25, 0.3) is 0 Å². The van der Waals surface area contributed by atoms with Crippen LogP contribution in [-0.4, -0.2) is 39.0 Å². The lowest BCUT2D eigenvalue weighted by Crippen LogP contribution is -2.43. The Balaban J connectivity index is 1.71. The van der Waals surface area contributed by atoms with Crippen LogP contribution in [0.3, 0.4) is 0 Å². The van der Waals surface area contributed by atoms with E-state index in [9.17, 15) is 9.90 Å². The second-order valence-corrected chi connectivity index (χ2v) is 7.68. The van der Waals surface area contributed by atoms with Crippen molar-refractivity contribution >= 4 is 33.6 Å². The minimum Gasteiger partial charge on any atom is -0.386 e. The number of pyridine rings is 1. The van der Waals surface area contributed by atoms with Crippen molar-refractivity contribution in [1.29, 1.82) is 0 Å². The molecule has 2 aromatic rings. The molecule has 1 aromatic carbocycles. The van der Waals surface area contributed by atoms with Gasteiger partial charge in [0.25, 0.3) is 0 Å². The van der Waals surface area contributed by atoms with Gasteiger partial charge >= 0.3 is 6.03 Å². The zero-order valence-corrected chi connectivity index (χ0v) is 16.9. The van der Waals surface area contributed by atoms with E-state index in [-0.39, 0.29) is 12.6 Å². The normalized spacial score (nSPS) is 14.2. The van der Waals surface area contributed by atoms with Crippen molar-refractivity contribution in [2.45, 2.75) is 32.5 Å². The molecule has 1 aliphatic rings. The smallest absolute Gasteiger partial charge is 0.320 e. The summed E-state index contributed by atoms with van der Waals surface area (Å²) in [7, 11) is 0. The molecule has 0 unspecified atom stereocenters. The maximum absolute atomic E-state index is 13.0. The van der Waals surface area contributed by atoms with Crippen LogP contribution in [-0.2, 0) is 13.1 Å². The minimum atomic E-state index is -0.757. The van der Waals surface area contributed by atoms with Crippen LogP contribution in [0.4, 0.5) is 4.79 Å². The van der Waals surface area contributed by atoms with Gasteiger partial charge in [-0.05, 0) is 51.7 Å². The third kappa shape index (κ3) is 4.19. The lowest BCUT2D eigenvalue weighted by atomic mass is 10.1. The molecule has 0 aliphatic carbocycles. The van der Waals surface area contributed by atoms with Crippen molar-refractivity contribution in [3.63, 3.8) is 0 Å². The van der Waals surface area contributed by atoms with E-state index in [2.05, 4.69) is 20.9 Å². The van der Waals surface area contributed by atoms with E-state index in [0.29, 0.717) is 30.2 Å². The Labute approximate surface area is 166 Å². The van der Waals surface area contributed by atoms with E-state index in [1.165, 1.54) is 0 Å². The number of amides is 2. The SMILES string of the molecule is CCCN(C[C@@H](O)c1cccnc1)C(=O)N1Cc2cc(Cl)c(Br)cc2C1. The van der Waals surface area contributed by atoms with Gasteiger partial charge in [-0.15, -0.1) is 0 Å². The number of nitrogens with zero attached hydrogens (tertiary/aromatic N) is 3. The second-order valence-electron chi connectivity index (χ2n) is 6.42. The largest absolute Gasteiger partial charge is 0.386 e. The van der Waals surface area contributed by atoms with E-state index in [0.717, 1.165) is 22.0 Å². The maximum atomic E-state index is 13.0. The van der Waals surface area contributed by atoms with Crippen LogP contribution in [0, 0.1) is 0 Å². The fraction of sp³-hybridized carbons (Fsp3) is 0.368. The number of hydrogen-bond acceptors (Lipinski definition) is 3. The van der Waals surface area contributed by atoms with Crippen molar-refractivity contribution in [2.75, 3.05) is 13.1 Å². The molecule has 5 nitrogen and oxygen atoms in total. The number of aromatic nitrogens is 1. The highest BCUT2D eigenvalue weighted by atomic mass is 79.9. The summed E-state index contributed by atoms with van der Waals surface area (Å²) in [5.41, 5.74) is 2.87. The third-order valence-electron chi connectivity index (χ3n) is 4.46. The second kappa shape index (κ2) is 8.37. The highest BCUT2D eigenvalue weighted by molar-refractivity contribution is 9.10. The number of fused-ring (bicyclic) bond motifs is 1. The quantitative estimate of drug-likeness (QED) is 0.754. The van der Waals surface area contributed by atoms with Crippen molar-refractivity contribution in [3.05, 3.63) is 62.8 Å². The standard InChI is InChI=1S/C19H21BrClN3O2/c1-2-6-23(12-18(25)13-4-3-5-22-9-13)19(26)24-10-14-7-16(20)17(21)8-15(14)11-24/h3-5,7-9,18,25H,2,6,10-12H2,1H3/t18-/m1/s1. The summed E-state index contributed by atoms with van der Waals surface area (Å²) in [6.45, 7) is 3.94. The highest BCUT2D eigenvalue weighted by Crippen LogP contribution is 2.32. The van der Waals surface area contributed by atoms with E-state index < -0.39 is 6.10 Å².